The fraction of sp³-hybridized carbons (Fsp3) is 0.0323. The molecule has 0 aliphatic heterocycles. The first kappa shape index (κ1) is 23.4. The smallest absolute Gasteiger partial charge is 0.228 e. The Bertz CT molecular complexity index is 1980. The zero-order valence-corrected chi connectivity index (χ0v) is 21.2. The molecular weight excluding hydrogens is 500 g/mol. The van der Waals surface area contributed by atoms with Crippen LogP contribution in [0, 0.1) is 0 Å². The molecule has 0 aliphatic carbocycles. The van der Waals surface area contributed by atoms with E-state index in [1.54, 1.807) is 31.0 Å². The molecule has 9 nitrogen and oxygen atoms in total. The van der Waals surface area contributed by atoms with Crippen molar-refractivity contribution in [2.75, 3.05) is 5.32 Å². The largest absolute Gasteiger partial charge is 0.353 e. The first-order valence-corrected chi connectivity index (χ1v) is 12.7. The van der Waals surface area contributed by atoms with Crippen molar-refractivity contribution in [3.8, 4) is 33.9 Å². The Hall–Kier alpha value is -5.70. The number of benzene rings is 1. The Morgan fingerprint density at radius 1 is 0.800 bits per heavy atom. The second-order valence-corrected chi connectivity index (χ2v) is 9.38. The maximum atomic E-state index is 12.6. The van der Waals surface area contributed by atoms with Crippen LogP contribution in [0.3, 0.4) is 0 Å². The van der Waals surface area contributed by atoms with Crippen LogP contribution in [0.1, 0.15) is 5.56 Å². The highest BCUT2D eigenvalue weighted by Crippen LogP contribution is 2.33. The van der Waals surface area contributed by atoms with Gasteiger partial charge in [0.05, 0.1) is 40.9 Å². The summed E-state index contributed by atoms with van der Waals surface area (Å²) in [5.74, 6) is -0.107. The van der Waals surface area contributed by atoms with Gasteiger partial charge in [-0.3, -0.25) is 24.8 Å². The quantitative estimate of drug-likeness (QED) is 0.253. The fourth-order valence-electron chi connectivity index (χ4n) is 4.80. The lowest BCUT2D eigenvalue weighted by Crippen LogP contribution is -2.14. The molecule has 0 bridgehead atoms. The van der Waals surface area contributed by atoms with E-state index in [0.29, 0.717) is 11.4 Å². The van der Waals surface area contributed by atoms with Crippen molar-refractivity contribution in [1.29, 1.82) is 0 Å². The maximum Gasteiger partial charge on any atom is 0.228 e. The van der Waals surface area contributed by atoms with E-state index in [1.807, 2.05) is 72.8 Å². The highest BCUT2D eigenvalue weighted by Gasteiger charge is 2.16. The van der Waals surface area contributed by atoms with Crippen molar-refractivity contribution in [3.63, 3.8) is 0 Å². The second-order valence-electron chi connectivity index (χ2n) is 9.38. The summed E-state index contributed by atoms with van der Waals surface area (Å²) >= 11 is 0. The van der Waals surface area contributed by atoms with Crippen molar-refractivity contribution in [2.45, 2.75) is 6.42 Å². The lowest BCUT2D eigenvalue weighted by molar-refractivity contribution is -0.115. The Morgan fingerprint density at radius 2 is 1.70 bits per heavy atom. The third-order valence-corrected chi connectivity index (χ3v) is 6.67. The molecule has 6 heterocycles. The number of rotatable bonds is 6. The summed E-state index contributed by atoms with van der Waals surface area (Å²) in [6.45, 7) is 0. The number of anilines is 1. The zero-order valence-electron chi connectivity index (χ0n) is 21.2. The van der Waals surface area contributed by atoms with E-state index in [9.17, 15) is 4.79 Å². The molecule has 1 aromatic carbocycles. The molecule has 40 heavy (non-hydrogen) atoms. The van der Waals surface area contributed by atoms with Crippen LogP contribution in [-0.4, -0.2) is 41.0 Å². The summed E-state index contributed by atoms with van der Waals surface area (Å²) in [6.07, 6.45) is 8.98. The van der Waals surface area contributed by atoms with E-state index in [0.717, 1.165) is 55.7 Å². The number of hydrogen-bond acceptors (Lipinski definition) is 6. The Morgan fingerprint density at radius 3 is 2.58 bits per heavy atom. The third-order valence-electron chi connectivity index (χ3n) is 6.67. The van der Waals surface area contributed by atoms with E-state index >= 15 is 0 Å². The molecule has 0 atom stereocenters. The normalized spacial score (nSPS) is 11.2. The second kappa shape index (κ2) is 9.88. The van der Waals surface area contributed by atoms with Crippen molar-refractivity contribution in [3.05, 3.63) is 109 Å². The molecule has 0 saturated heterocycles. The molecule has 0 unspecified atom stereocenters. The van der Waals surface area contributed by atoms with Crippen LogP contribution < -0.4 is 5.32 Å². The van der Waals surface area contributed by atoms with E-state index < -0.39 is 0 Å². The molecule has 0 radical (unpaired) electrons. The van der Waals surface area contributed by atoms with Crippen molar-refractivity contribution >= 4 is 33.5 Å². The van der Waals surface area contributed by atoms with Gasteiger partial charge in [-0.2, -0.15) is 5.10 Å². The van der Waals surface area contributed by atoms with Gasteiger partial charge in [0.25, 0.3) is 0 Å². The molecule has 0 fully saturated rings. The Balaban J connectivity index is 1.21. The summed E-state index contributed by atoms with van der Waals surface area (Å²) in [5, 5.41) is 11.6. The van der Waals surface area contributed by atoms with Gasteiger partial charge in [0.15, 0.2) is 0 Å². The molecule has 3 N–H and O–H groups in total. The first-order valence-electron chi connectivity index (χ1n) is 12.7. The number of amides is 1. The van der Waals surface area contributed by atoms with Crippen molar-refractivity contribution in [1.82, 2.24) is 35.1 Å². The highest BCUT2D eigenvalue weighted by molar-refractivity contribution is 5.99. The minimum atomic E-state index is -0.107. The van der Waals surface area contributed by atoms with Gasteiger partial charge >= 0.3 is 0 Å². The summed E-state index contributed by atoms with van der Waals surface area (Å²) in [6, 6.07) is 23.2. The van der Waals surface area contributed by atoms with E-state index in [2.05, 4.69) is 35.5 Å². The number of H-pyrrole nitrogens is 2. The molecule has 192 valence electrons. The number of fused-ring (bicyclic) bond motifs is 2. The molecule has 1 amide bonds. The number of carbonyl (C=O) groups excluding carboxylic acids is 1. The number of pyridine rings is 4. The number of nitrogens with zero attached hydrogens (tertiary/aromatic N) is 5. The van der Waals surface area contributed by atoms with Crippen LogP contribution in [0.4, 0.5) is 5.69 Å². The molecule has 6 aromatic heterocycles. The number of carbonyl (C=O) groups is 1. The number of hydrogen-bond donors (Lipinski definition) is 3. The molecule has 7 aromatic rings. The highest BCUT2D eigenvalue weighted by atomic mass is 16.1. The summed E-state index contributed by atoms with van der Waals surface area (Å²) in [7, 11) is 0. The molecule has 9 heteroatoms. The van der Waals surface area contributed by atoms with E-state index in [4.69, 9.17) is 4.98 Å². The standard InChI is InChI=1S/C31H22N8O/c40-28(13-19-5-2-1-3-6-19)35-22-14-21(17-33-18-22)24-8-9-26-30(37-24)31(39-38-26)27-15-23-25(36-27)10-12-34-29(23)20-7-4-11-32-16-20/h1-12,14-18,36H,13H2,(H,35,40)(H,38,39). The van der Waals surface area contributed by atoms with Crippen molar-refractivity contribution in [2.24, 2.45) is 0 Å². The zero-order chi connectivity index (χ0) is 26.9. The third kappa shape index (κ3) is 4.45. The van der Waals surface area contributed by atoms with Gasteiger partial charge in [-0.25, -0.2) is 4.98 Å². The van der Waals surface area contributed by atoms with Gasteiger partial charge in [0, 0.05) is 46.8 Å². The molecule has 0 aliphatic rings. The summed E-state index contributed by atoms with van der Waals surface area (Å²) in [5.41, 5.74) is 8.84. The van der Waals surface area contributed by atoms with Gasteiger partial charge in [-0.15, -0.1) is 0 Å². The Kier molecular flexibility index (Phi) is 5.78. The minimum Gasteiger partial charge on any atom is -0.353 e. The van der Waals surface area contributed by atoms with E-state index in [1.165, 1.54) is 0 Å². The van der Waals surface area contributed by atoms with Crippen molar-refractivity contribution < 1.29 is 4.79 Å². The monoisotopic (exact) mass is 522 g/mol. The minimum absolute atomic E-state index is 0.107. The van der Waals surface area contributed by atoms with Crippen LogP contribution >= 0.6 is 0 Å². The Labute approximate surface area is 228 Å². The average molecular weight is 523 g/mol. The summed E-state index contributed by atoms with van der Waals surface area (Å²) in [4.78, 5) is 34.2. The lowest BCUT2D eigenvalue weighted by atomic mass is 10.1. The molecule has 7 rings (SSSR count). The maximum absolute atomic E-state index is 12.6. The van der Waals surface area contributed by atoms with Gasteiger partial charge in [-0.05, 0) is 48.0 Å². The lowest BCUT2D eigenvalue weighted by Gasteiger charge is -2.07. The first-order chi connectivity index (χ1) is 19.7. The predicted octanol–water partition coefficient (Wildman–Crippen LogP) is 5.81. The molecular formula is C31H22N8O. The SMILES string of the molecule is O=C(Cc1ccccc1)Nc1cncc(-c2ccc3[nH]nc(-c4cc5c(-c6cccnc6)nccc5[nH]4)c3n2)c1. The van der Waals surface area contributed by atoms with Crippen LogP contribution in [0.2, 0.25) is 0 Å². The topological polar surface area (TPSA) is 125 Å². The van der Waals surface area contributed by atoms with Crippen LogP contribution in [-0.2, 0) is 11.2 Å². The molecule has 0 saturated carbocycles. The van der Waals surface area contributed by atoms with Gasteiger partial charge in [0.1, 0.15) is 11.2 Å². The van der Waals surface area contributed by atoms with E-state index in [-0.39, 0.29) is 12.3 Å². The van der Waals surface area contributed by atoms with Gasteiger partial charge in [-0.1, -0.05) is 30.3 Å². The average Bonchev–Trinajstić information content (AvgIpc) is 3.62. The molecule has 0 spiro atoms. The fourth-order valence-corrected chi connectivity index (χ4v) is 4.80. The van der Waals surface area contributed by atoms with Gasteiger partial charge < -0.3 is 10.3 Å². The number of nitrogens with one attached hydrogen (secondary N) is 3. The van der Waals surface area contributed by atoms with Gasteiger partial charge in [0.2, 0.25) is 5.91 Å². The summed E-state index contributed by atoms with van der Waals surface area (Å²) < 4.78 is 0. The number of aromatic amines is 2. The van der Waals surface area contributed by atoms with Crippen LogP contribution in [0.25, 0.3) is 55.8 Å². The van der Waals surface area contributed by atoms with Crippen LogP contribution in [0.15, 0.2) is 104 Å². The number of aromatic nitrogens is 7. The van der Waals surface area contributed by atoms with Crippen LogP contribution in [0.5, 0.6) is 0 Å². The predicted molar refractivity (Wildman–Crippen MR) is 154 cm³/mol.